The maximum atomic E-state index is 5.81. The van der Waals surface area contributed by atoms with Crippen molar-refractivity contribution in [3.8, 4) is 0 Å². The molecule has 0 aromatic heterocycles. The fourth-order valence-corrected chi connectivity index (χ4v) is 4.92. The number of ether oxygens (including phenoxy) is 1. The SMILES string of the molecule is COC(C)(C)CCC(NN)C1C2C3CCC(C3)C21. The van der Waals surface area contributed by atoms with Crippen molar-refractivity contribution >= 4 is 0 Å². The molecule has 2 bridgehead atoms. The van der Waals surface area contributed by atoms with Crippen molar-refractivity contribution < 1.29 is 4.74 Å². The Labute approximate surface area is 111 Å². The Morgan fingerprint density at radius 3 is 2.39 bits per heavy atom. The van der Waals surface area contributed by atoms with Gasteiger partial charge in [0.2, 0.25) is 0 Å². The summed E-state index contributed by atoms with van der Waals surface area (Å²) in [6.07, 6.45) is 6.73. The zero-order valence-corrected chi connectivity index (χ0v) is 12.0. The van der Waals surface area contributed by atoms with Gasteiger partial charge in [-0.2, -0.15) is 0 Å². The molecule has 18 heavy (non-hydrogen) atoms. The third kappa shape index (κ3) is 2.00. The Morgan fingerprint density at radius 2 is 1.89 bits per heavy atom. The minimum Gasteiger partial charge on any atom is -0.379 e. The average molecular weight is 252 g/mol. The van der Waals surface area contributed by atoms with Gasteiger partial charge in [0.1, 0.15) is 0 Å². The highest BCUT2D eigenvalue weighted by atomic mass is 16.5. The number of rotatable bonds is 6. The summed E-state index contributed by atoms with van der Waals surface area (Å²) in [5.41, 5.74) is 3.09. The number of hydrazine groups is 1. The molecule has 3 aliphatic rings. The van der Waals surface area contributed by atoms with Crippen molar-refractivity contribution in [2.45, 2.75) is 57.6 Å². The first-order chi connectivity index (χ1) is 8.57. The van der Waals surface area contributed by atoms with Gasteiger partial charge < -0.3 is 4.74 Å². The Bertz CT molecular complexity index is 302. The molecule has 3 aliphatic carbocycles. The lowest BCUT2D eigenvalue weighted by Gasteiger charge is -2.26. The topological polar surface area (TPSA) is 47.3 Å². The number of hydrogen-bond donors (Lipinski definition) is 2. The van der Waals surface area contributed by atoms with Crippen LogP contribution in [-0.2, 0) is 4.74 Å². The highest BCUT2D eigenvalue weighted by Gasteiger charge is 2.66. The van der Waals surface area contributed by atoms with E-state index in [0.717, 1.165) is 42.4 Å². The Balaban J connectivity index is 1.55. The van der Waals surface area contributed by atoms with Gasteiger partial charge in [-0.05, 0) is 75.5 Å². The highest BCUT2D eigenvalue weighted by molar-refractivity contribution is 5.15. The summed E-state index contributed by atoms with van der Waals surface area (Å²) in [6.45, 7) is 4.33. The molecule has 3 fully saturated rings. The molecule has 0 saturated heterocycles. The van der Waals surface area contributed by atoms with Gasteiger partial charge in [-0.15, -0.1) is 0 Å². The number of hydrogen-bond acceptors (Lipinski definition) is 3. The highest BCUT2D eigenvalue weighted by Crippen LogP contribution is 2.70. The van der Waals surface area contributed by atoms with Crippen LogP contribution in [0.5, 0.6) is 0 Å². The van der Waals surface area contributed by atoms with Gasteiger partial charge in [0, 0.05) is 13.2 Å². The number of nitrogens with one attached hydrogen (secondary N) is 1. The second-order valence-electron chi connectivity index (χ2n) is 7.34. The van der Waals surface area contributed by atoms with E-state index >= 15 is 0 Å². The molecule has 0 aromatic rings. The van der Waals surface area contributed by atoms with Crippen molar-refractivity contribution in [3.63, 3.8) is 0 Å². The second-order valence-corrected chi connectivity index (χ2v) is 7.34. The number of methoxy groups -OCH3 is 1. The molecule has 3 nitrogen and oxygen atoms in total. The van der Waals surface area contributed by atoms with Gasteiger partial charge >= 0.3 is 0 Å². The number of fused-ring (bicyclic) bond motifs is 5. The third-order valence-corrected chi connectivity index (χ3v) is 6.08. The molecule has 0 amide bonds. The van der Waals surface area contributed by atoms with Crippen LogP contribution in [0, 0.1) is 29.6 Å². The van der Waals surface area contributed by atoms with Crippen molar-refractivity contribution in [3.05, 3.63) is 0 Å². The molecule has 3 N–H and O–H groups in total. The van der Waals surface area contributed by atoms with E-state index in [2.05, 4.69) is 19.3 Å². The van der Waals surface area contributed by atoms with Gasteiger partial charge in [0.05, 0.1) is 5.60 Å². The van der Waals surface area contributed by atoms with Crippen molar-refractivity contribution in [1.82, 2.24) is 5.43 Å². The van der Waals surface area contributed by atoms with Gasteiger partial charge in [-0.1, -0.05) is 0 Å². The molecule has 3 rings (SSSR count). The van der Waals surface area contributed by atoms with Gasteiger partial charge in [0.15, 0.2) is 0 Å². The van der Waals surface area contributed by atoms with Gasteiger partial charge in [-0.3, -0.25) is 11.3 Å². The van der Waals surface area contributed by atoms with E-state index in [1.807, 2.05) is 0 Å². The van der Waals surface area contributed by atoms with Gasteiger partial charge in [0.25, 0.3) is 0 Å². The maximum absolute atomic E-state index is 5.81. The quantitative estimate of drug-likeness (QED) is 0.563. The van der Waals surface area contributed by atoms with Crippen LogP contribution in [0.2, 0.25) is 0 Å². The normalized spacial score (nSPS) is 43.0. The summed E-state index contributed by atoms with van der Waals surface area (Å²) < 4.78 is 5.51. The molecule has 5 atom stereocenters. The summed E-state index contributed by atoms with van der Waals surface area (Å²) >= 11 is 0. The number of nitrogens with two attached hydrogens (primary N) is 1. The summed E-state index contributed by atoms with van der Waals surface area (Å²) in [5.74, 6) is 10.8. The lowest BCUT2D eigenvalue weighted by Crippen LogP contribution is -2.40. The zero-order valence-electron chi connectivity index (χ0n) is 12.0. The van der Waals surface area contributed by atoms with Crippen LogP contribution in [0.4, 0.5) is 0 Å². The Kier molecular flexibility index (Phi) is 3.20. The molecule has 3 saturated carbocycles. The standard InChI is InChI=1S/C15H28N2O/c1-15(2,18-3)7-6-11(17-16)14-12-9-4-5-10(8-9)13(12)14/h9-14,17H,4-8,16H2,1-3H3. The van der Waals surface area contributed by atoms with Crippen molar-refractivity contribution in [1.29, 1.82) is 0 Å². The first kappa shape index (κ1) is 12.9. The minimum atomic E-state index is -0.0158. The summed E-state index contributed by atoms with van der Waals surface area (Å²) in [6, 6.07) is 0.512. The fraction of sp³-hybridized carbons (Fsp3) is 1.00. The van der Waals surface area contributed by atoms with E-state index in [9.17, 15) is 0 Å². The smallest absolute Gasteiger partial charge is 0.0623 e. The fourth-order valence-electron chi connectivity index (χ4n) is 4.92. The predicted molar refractivity (Wildman–Crippen MR) is 72.7 cm³/mol. The van der Waals surface area contributed by atoms with Crippen molar-refractivity contribution in [2.24, 2.45) is 35.4 Å². The Hall–Kier alpha value is -0.120. The molecular weight excluding hydrogens is 224 g/mol. The lowest BCUT2D eigenvalue weighted by atomic mass is 9.92. The third-order valence-electron chi connectivity index (χ3n) is 6.08. The van der Waals surface area contributed by atoms with E-state index in [1.54, 1.807) is 7.11 Å². The second kappa shape index (κ2) is 4.46. The lowest BCUT2D eigenvalue weighted by molar-refractivity contribution is 0.0108. The van der Waals surface area contributed by atoms with E-state index < -0.39 is 0 Å². The predicted octanol–water partition coefficient (Wildman–Crippen LogP) is 2.32. The molecule has 5 unspecified atom stereocenters. The van der Waals surface area contributed by atoms with Crippen LogP contribution in [-0.4, -0.2) is 18.8 Å². The molecule has 0 aromatic carbocycles. The average Bonchev–Trinajstić information content (AvgIpc) is 2.80. The zero-order chi connectivity index (χ0) is 12.9. The molecule has 3 heteroatoms. The van der Waals surface area contributed by atoms with E-state index in [1.165, 1.54) is 19.3 Å². The summed E-state index contributed by atoms with van der Waals surface area (Å²) in [5, 5.41) is 0. The van der Waals surface area contributed by atoms with E-state index in [-0.39, 0.29) is 5.60 Å². The molecule has 0 aliphatic heterocycles. The maximum Gasteiger partial charge on any atom is 0.0623 e. The Morgan fingerprint density at radius 1 is 1.28 bits per heavy atom. The monoisotopic (exact) mass is 252 g/mol. The minimum absolute atomic E-state index is 0.0158. The largest absolute Gasteiger partial charge is 0.379 e. The summed E-state index contributed by atoms with van der Waals surface area (Å²) in [4.78, 5) is 0. The van der Waals surface area contributed by atoms with Crippen LogP contribution < -0.4 is 11.3 Å². The first-order valence-electron chi connectivity index (χ1n) is 7.58. The van der Waals surface area contributed by atoms with Crippen LogP contribution in [0.3, 0.4) is 0 Å². The molecule has 0 radical (unpaired) electrons. The summed E-state index contributed by atoms with van der Waals surface area (Å²) in [7, 11) is 1.80. The van der Waals surface area contributed by atoms with E-state index in [4.69, 9.17) is 10.6 Å². The van der Waals surface area contributed by atoms with E-state index in [0.29, 0.717) is 6.04 Å². The molecular formula is C15H28N2O. The van der Waals surface area contributed by atoms with Crippen molar-refractivity contribution in [2.75, 3.05) is 7.11 Å². The van der Waals surface area contributed by atoms with Crippen LogP contribution in [0.1, 0.15) is 46.0 Å². The molecule has 104 valence electrons. The molecule has 0 spiro atoms. The van der Waals surface area contributed by atoms with Crippen LogP contribution in [0.25, 0.3) is 0 Å². The first-order valence-corrected chi connectivity index (χ1v) is 7.58. The van der Waals surface area contributed by atoms with Crippen LogP contribution in [0.15, 0.2) is 0 Å². The van der Waals surface area contributed by atoms with Gasteiger partial charge in [-0.25, -0.2) is 0 Å². The molecule has 0 heterocycles. The van der Waals surface area contributed by atoms with Crippen LogP contribution >= 0.6 is 0 Å².